The molecule has 2 aromatic carbocycles. The maximum atomic E-state index is 13.0. The molecule has 0 spiro atoms. The van der Waals surface area contributed by atoms with Crippen molar-refractivity contribution in [3.63, 3.8) is 0 Å². The zero-order valence-corrected chi connectivity index (χ0v) is 13.9. The van der Waals surface area contributed by atoms with Gasteiger partial charge in [-0.25, -0.2) is 0 Å². The lowest BCUT2D eigenvalue weighted by Crippen LogP contribution is -2.07. The third kappa shape index (κ3) is 3.08. The number of rotatable bonds is 7. The van der Waals surface area contributed by atoms with E-state index in [0.717, 1.165) is 0 Å². The summed E-state index contributed by atoms with van der Waals surface area (Å²) in [4.78, 5) is 13.0. The molecule has 0 atom stereocenters. The van der Waals surface area contributed by atoms with Crippen molar-refractivity contribution in [3.8, 4) is 17.2 Å². The summed E-state index contributed by atoms with van der Waals surface area (Å²) in [5.41, 5.74) is 0.560. The van der Waals surface area contributed by atoms with Crippen LogP contribution in [0, 0.1) is 0 Å². The number of methoxy groups -OCH3 is 1. The van der Waals surface area contributed by atoms with E-state index in [0.29, 0.717) is 45.8 Å². The van der Waals surface area contributed by atoms with Gasteiger partial charge < -0.3 is 18.6 Å². The lowest BCUT2D eigenvalue weighted by molar-refractivity contribution is 0.347. The average Bonchev–Trinajstić information content (AvgIpc) is 2.64. The van der Waals surface area contributed by atoms with Crippen molar-refractivity contribution in [3.05, 3.63) is 65.9 Å². The van der Waals surface area contributed by atoms with Gasteiger partial charge in [-0.2, -0.15) is 0 Å². The SMILES string of the molecule is C=CCOc1cc(OCC=C)c2c(=O)c3cccc(OC)c3oc2c1. The van der Waals surface area contributed by atoms with E-state index in [1.807, 2.05) is 0 Å². The Kier molecular flexibility index (Phi) is 4.75. The fraction of sp³-hybridized carbons (Fsp3) is 0.150. The van der Waals surface area contributed by atoms with Gasteiger partial charge in [0.2, 0.25) is 5.43 Å². The van der Waals surface area contributed by atoms with Gasteiger partial charge in [0, 0.05) is 12.1 Å². The second kappa shape index (κ2) is 7.13. The summed E-state index contributed by atoms with van der Waals surface area (Å²) < 4.78 is 22.5. The largest absolute Gasteiger partial charge is 0.493 e. The lowest BCUT2D eigenvalue weighted by Gasteiger charge is -2.12. The fourth-order valence-corrected chi connectivity index (χ4v) is 2.58. The molecule has 0 aliphatic carbocycles. The molecule has 0 bridgehead atoms. The van der Waals surface area contributed by atoms with E-state index in [-0.39, 0.29) is 12.0 Å². The van der Waals surface area contributed by atoms with Gasteiger partial charge in [-0.3, -0.25) is 4.79 Å². The Hall–Kier alpha value is -3.21. The molecule has 128 valence electrons. The first-order valence-electron chi connectivity index (χ1n) is 7.74. The van der Waals surface area contributed by atoms with Crippen LogP contribution in [0.2, 0.25) is 0 Å². The molecule has 1 heterocycles. The number of benzene rings is 2. The first-order chi connectivity index (χ1) is 12.2. The molecule has 0 aliphatic rings. The van der Waals surface area contributed by atoms with Gasteiger partial charge in [0.05, 0.1) is 12.5 Å². The van der Waals surface area contributed by atoms with E-state index < -0.39 is 0 Å². The molecule has 25 heavy (non-hydrogen) atoms. The highest BCUT2D eigenvalue weighted by Crippen LogP contribution is 2.34. The van der Waals surface area contributed by atoms with Crippen LogP contribution in [-0.4, -0.2) is 20.3 Å². The Morgan fingerprint density at radius 3 is 2.56 bits per heavy atom. The summed E-state index contributed by atoms with van der Waals surface area (Å²) in [5, 5.41) is 0.781. The fourth-order valence-electron chi connectivity index (χ4n) is 2.58. The Balaban J connectivity index is 2.33. The van der Waals surface area contributed by atoms with E-state index in [1.54, 1.807) is 42.5 Å². The van der Waals surface area contributed by atoms with Crippen LogP contribution in [0.1, 0.15) is 0 Å². The topological polar surface area (TPSA) is 57.9 Å². The number of hydrogen-bond donors (Lipinski definition) is 0. The number of para-hydroxylation sites is 1. The van der Waals surface area contributed by atoms with Crippen molar-refractivity contribution in [1.29, 1.82) is 0 Å². The summed E-state index contributed by atoms with van der Waals surface area (Å²) >= 11 is 0. The second-order valence-corrected chi connectivity index (χ2v) is 5.26. The molecule has 0 saturated carbocycles. The zero-order valence-electron chi connectivity index (χ0n) is 13.9. The van der Waals surface area contributed by atoms with Crippen LogP contribution in [0.15, 0.2) is 64.9 Å². The average molecular weight is 338 g/mol. The van der Waals surface area contributed by atoms with Gasteiger partial charge in [-0.15, -0.1) is 0 Å². The minimum absolute atomic E-state index is 0.190. The van der Waals surface area contributed by atoms with Crippen LogP contribution >= 0.6 is 0 Å². The number of hydrogen-bond acceptors (Lipinski definition) is 5. The van der Waals surface area contributed by atoms with Crippen LogP contribution < -0.4 is 19.6 Å². The summed E-state index contributed by atoms with van der Waals surface area (Å²) in [6, 6.07) is 8.51. The van der Waals surface area contributed by atoms with E-state index >= 15 is 0 Å². The van der Waals surface area contributed by atoms with Gasteiger partial charge in [-0.05, 0) is 12.1 Å². The molecule has 5 heteroatoms. The van der Waals surface area contributed by atoms with Crippen LogP contribution in [0.3, 0.4) is 0 Å². The maximum Gasteiger partial charge on any atom is 0.204 e. The molecule has 3 rings (SSSR count). The van der Waals surface area contributed by atoms with E-state index in [2.05, 4.69) is 13.2 Å². The van der Waals surface area contributed by atoms with Crippen molar-refractivity contribution < 1.29 is 18.6 Å². The highest BCUT2D eigenvalue weighted by atomic mass is 16.5. The lowest BCUT2D eigenvalue weighted by atomic mass is 10.1. The van der Waals surface area contributed by atoms with Gasteiger partial charge in [0.1, 0.15) is 35.7 Å². The molecular weight excluding hydrogens is 320 g/mol. The monoisotopic (exact) mass is 338 g/mol. The highest BCUT2D eigenvalue weighted by molar-refractivity contribution is 5.95. The van der Waals surface area contributed by atoms with Crippen molar-refractivity contribution in [2.45, 2.75) is 0 Å². The zero-order chi connectivity index (χ0) is 17.8. The molecule has 0 aliphatic heterocycles. The first kappa shape index (κ1) is 16.6. The molecule has 1 aromatic heterocycles. The van der Waals surface area contributed by atoms with Crippen LogP contribution in [0.4, 0.5) is 0 Å². The quantitative estimate of drug-likeness (QED) is 0.480. The summed E-state index contributed by atoms with van der Waals surface area (Å²) in [6.07, 6.45) is 3.24. The Morgan fingerprint density at radius 2 is 1.84 bits per heavy atom. The van der Waals surface area contributed by atoms with Crippen molar-refractivity contribution in [2.75, 3.05) is 20.3 Å². The second-order valence-electron chi connectivity index (χ2n) is 5.26. The molecule has 5 nitrogen and oxygen atoms in total. The molecule has 0 radical (unpaired) electrons. The third-order valence-electron chi connectivity index (χ3n) is 3.65. The predicted octanol–water partition coefficient (Wildman–Crippen LogP) is 4.08. The molecule has 3 aromatic rings. The van der Waals surface area contributed by atoms with Gasteiger partial charge >= 0.3 is 0 Å². The molecule has 0 unspecified atom stereocenters. The summed E-state index contributed by atoms with van der Waals surface area (Å²) in [6.45, 7) is 7.85. The normalized spacial score (nSPS) is 10.6. The molecule has 0 N–H and O–H groups in total. The molecule has 0 saturated heterocycles. The van der Waals surface area contributed by atoms with Crippen molar-refractivity contribution >= 4 is 21.9 Å². The highest BCUT2D eigenvalue weighted by Gasteiger charge is 2.17. The Morgan fingerprint density at radius 1 is 1.08 bits per heavy atom. The van der Waals surface area contributed by atoms with Crippen LogP contribution in [0.25, 0.3) is 21.9 Å². The number of fused-ring (bicyclic) bond motifs is 2. The maximum absolute atomic E-state index is 13.0. The molecular formula is C20H18O5. The predicted molar refractivity (Wildman–Crippen MR) is 97.9 cm³/mol. The van der Waals surface area contributed by atoms with E-state index in [9.17, 15) is 4.79 Å². The van der Waals surface area contributed by atoms with Gasteiger partial charge in [0.15, 0.2) is 11.3 Å². The summed E-state index contributed by atoms with van der Waals surface area (Å²) in [7, 11) is 1.53. The smallest absolute Gasteiger partial charge is 0.204 e. The van der Waals surface area contributed by atoms with Crippen LogP contribution in [-0.2, 0) is 0 Å². The number of ether oxygens (including phenoxy) is 3. The Labute approximate surface area is 144 Å². The third-order valence-corrected chi connectivity index (χ3v) is 3.65. The minimum atomic E-state index is -0.190. The standard InChI is InChI=1S/C20H18O5/c1-4-9-23-13-11-16(24-10-5-2)18-17(12-13)25-20-14(19(18)21)7-6-8-15(20)22-3/h4-8,11-12H,1-2,9-10H2,3H3. The van der Waals surface area contributed by atoms with Gasteiger partial charge in [-0.1, -0.05) is 31.4 Å². The first-order valence-corrected chi connectivity index (χ1v) is 7.74. The van der Waals surface area contributed by atoms with Crippen molar-refractivity contribution in [1.82, 2.24) is 0 Å². The van der Waals surface area contributed by atoms with Gasteiger partial charge in [0.25, 0.3) is 0 Å². The van der Waals surface area contributed by atoms with E-state index in [1.165, 1.54) is 7.11 Å². The Bertz CT molecular complexity index is 1000. The van der Waals surface area contributed by atoms with Crippen LogP contribution in [0.5, 0.6) is 17.2 Å². The molecule has 0 fully saturated rings. The summed E-state index contributed by atoms with van der Waals surface area (Å²) in [5.74, 6) is 1.39. The van der Waals surface area contributed by atoms with E-state index in [4.69, 9.17) is 18.6 Å². The minimum Gasteiger partial charge on any atom is -0.493 e. The van der Waals surface area contributed by atoms with Crippen molar-refractivity contribution in [2.24, 2.45) is 0 Å². The molecule has 0 amide bonds.